The summed E-state index contributed by atoms with van der Waals surface area (Å²) in [6, 6.07) is 0. The van der Waals surface area contributed by atoms with E-state index in [0.29, 0.717) is 6.42 Å². The summed E-state index contributed by atoms with van der Waals surface area (Å²) in [6.45, 7) is 3.67. The quantitative estimate of drug-likeness (QED) is 0.275. The van der Waals surface area contributed by atoms with E-state index in [4.69, 9.17) is 4.79 Å². The molecule has 0 fully saturated rings. The molecule has 0 heterocycles. The van der Waals surface area contributed by atoms with E-state index in [2.05, 4.69) is 6.92 Å². The van der Waals surface area contributed by atoms with Crippen molar-refractivity contribution in [2.45, 2.75) is 65.2 Å². The molecule has 0 atom stereocenters. The van der Waals surface area contributed by atoms with Crippen LogP contribution in [0.15, 0.2) is 0 Å². The zero-order valence-electron chi connectivity index (χ0n) is 11.1. The Labute approximate surface area is 130 Å². The topological polar surface area (TPSA) is 34.1 Å². The van der Waals surface area contributed by atoms with Gasteiger partial charge in [0.25, 0.3) is 0 Å². The molecule has 0 bridgehead atoms. The largest absolute Gasteiger partial charge is 1.00 e. The van der Waals surface area contributed by atoms with Crippen LogP contribution in [0.1, 0.15) is 65.2 Å². The van der Waals surface area contributed by atoms with Gasteiger partial charge in [-0.2, -0.15) is 19.9 Å². The fourth-order valence-electron chi connectivity index (χ4n) is 1.15. The molecule has 0 rings (SSSR count). The number of rotatable bonds is 8. The smallest absolute Gasteiger partial charge is 0.542 e. The Morgan fingerprint density at radius 1 is 1.00 bits per heavy atom. The maximum atomic E-state index is 9.82. The van der Waals surface area contributed by atoms with Crippen LogP contribution in [0.5, 0.6) is 0 Å². The van der Waals surface area contributed by atoms with Crippen molar-refractivity contribution in [3.63, 3.8) is 0 Å². The minimum atomic E-state index is 0. The SMILES string of the molecule is CC=O.CCCCCCCCC[C-]=O.S.[Na+]. The first-order valence-electron chi connectivity index (χ1n) is 5.58. The van der Waals surface area contributed by atoms with Crippen molar-refractivity contribution in [2.24, 2.45) is 0 Å². The third-order valence-corrected chi connectivity index (χ3v) is 1.88. The molecule has 92 valence electrons. The summed E-state index contributed by atoms with van der Waals surface area (Å²) in [6.07, 6.45) is 12.2. The second-order valence-electron chi connectivity index (χ2n) is 3.25. The van der Waals surface area contributed by atoms with Gasteiger partial charge in [-0.05, 0) is 6.92 Å². The predicted molar refractivity (Wildman–Crippen MR) is 70.4 cm³/mol. The average Bonchev–Trinajstić information content (AvgIpc) is 2.18. The minimum Gasteiger partial charge on any atom is -0.542 e. The van der Waals surface area contributed by atoms with Crippen molar-refractivity contribution >= 4 is 26.1 Å². The summed E-state index contributed by atoms with van der Waals surface area (Å²) < 4.78 is 0. The maximum absolute atomic E-state index is 9.82. The van der Waals surface area contributed by atoms with Gasteiger partial charge >= 0.3 is 29.6 Å². The first-order valence-corrected chi connectivity index (χ1v) is 5.58. The Morgan fingerprint density at radius 3 is 1.75 bits per heavy atom. The molecule has 0 aliphatic rings. The van der Waals surface area contributed by atoms with Crippen LogP contribution in [0, 0.1) is 0 Å². The van der Waals surface area contributed by atoms with Crippen LogP contribution in [0.2, 0.25) is 0 Å². The summed E-state index contributed by atoms with van der Waals surface area (Å²) in [5.41, 5.74) is 0. The number of carbonyl (C=O) groups excluding carboxylic acids is 2. The molecule has 0 aromatic heterocycles. The van der Waals surface area contributed by atoms with Crippen molar-refractivity contribution in [1.82, 2.24) is 0 Å². The van der Waals surface area contributed by atoms with E-state index >= 15 is 0 Å². The number of aldehydes is 1. The van der Waals surface area contributed by atoms with Gasteiger partial charge in [-0.25, -0.2) is 0 Å². The van der Waals surface area contributed by atoms with Crippen molar-refractivity contribution < 1.29 is 39.1 Å². The van der Waals surface area contributed by atoms with Gasteiger partial charge in [-0.15, -0.1) is 0 Å². The van der Waals surface area contributed by atoms with E-state index < -0.39 is 0 Å². The average molecular weight is 256 g/mol. The maximum Gasteiger partial charge on any atom is 1.00 e. The molecular formula is C12H25NaO2S. The van der Waals surface area contributed by atoms with Gasteiger partial charge in [0.15, 0.2) is 0 Å². The van der Waals surface area contributed by atoms with Crippen LogP contribution in [0.4, 0.5) is 0 Å². The predicted octanol–water partition coefficient (Wildman–Crippen LogP) is 0.559. The molecule has 0 saturated carbocycles. The minimum absolute atomic E-state index is 0. The summed E-state index contributed by atoms with van der Waals surface area (Å²) in [4.78, 5) is 18.6. The van der Waals surface area contributed by atoms with E-state index in [1.54, 1.807) is 0 Å². The van der Waals surface area contributed by atoms with Gasteiger partial charge in [0, 0.05) is 0 Å². The summed E-state index contributed by atoms with van der Waals surface area (Å²) >= 11 is 0. The molecule has 16 heavy (non-hydrogen) atoms. The molecular weight excluding hydrogens is 231 g/mol. The van der Waals surface area contributed by atoms with Gasteiger partial charge in [-0.1, -0.05) is 51.9 Å². The van der Waals surface area contributed by atoms with Crippen LogP contribution < -0.4 is 29.6 Å². The summed E-state index contributed by atoms with van der Waals surface area (Å²) in [5, 5.41) is 0. The van der Waals surface area contributed by atoms with E-state index in [1.807, 2.05) is 6.29 Å². The second kappa shape index (κ2) is 29.6. The van der Waals surface area contributed by atoms with Crippen LogP contribution >= 0.6 is 13.5 Å². The van der Waals surface area contributed by atoms with Crippen LogP contribution in [0.25, 0.3) is 0 Å². The molecule has 0 aliphatic heterocycles. The molecule has 4 heteroatoms. The van der Waals surface area contributed by atoms with E-state index in [9.17, 15) is 4.79 Å². The fourth-order valence-corrected chi connectivity index (χ4v) is 1.15. The van der Waals surface area contributed by atoms with Gasteiger partial charge in [-0.3, -0.25) is 6.29 Å². The number of hydrogen-bond acceptors (Lipinski definition) is 2. The van der Waals surface area contributed by atoms with Crippen molar-refractivity contribution in [1.29, 1.82) is 0 Å². The molecule has 0 aromatic rings. The summed E-state index contributed by atoms with van der Waals surface area (Å²) in [5.74, 6) is 0. The molecule has 0 N–H and O–H groups in total. The molecule has 0 spiro atoms. The van der Waals surface area contributed by atoms with E-state index in [-0.39, 0.29) is 43.1 Å². The Balaban J connectivity index is -0.000000129. The number of hydrogen-bond donors (Lipinski definition) is 0. The Morgan fingerprint density at radius 2 is 1.38 bits per heavy atom. The van der Waals surface area contributed by atoms with Crippen molar-refractivity contribution in [2.75, 3.05) is 0 Å². The first-order chi connectivity index (χ1) is 6.83. The summed E-state index contributed by atoms with van der Waals surface area (Å²) in [7, 11) is 0. The first kappa shape index (κ1) is 25.5. The van der Waals surface area contributed by atoms with Gasteiger partial charge < -0.3 is 9.59 Å². The van der Waals surface area contributed by atoms with Gasteiger partial charge in [0.05, 0.1) is 0 Å². The van der Waals surface area contributed by atoms with Gasteiger partial charge in [0.2, 0.25) is 0 Å². The van der Waals surface area contributed by atoms with Crippen LogP contribution in [-0.4, -0.2) is 12.6 Å². The molecule has 0 amide bonds. The Bertz CT molecular complexity index is 122. The zero-order valence-corrected chi connectivity index (χ0v) is 14.1. The Hall–Kier alpha value is 0.690. The van der Waals surface area contributed by atoms with Gasteiger partial charge in [0.1, 0.15) is 6.29 Å². The third kappa shape index (κ3) is 36.5. The standard InChI is InChI=1S/C10H19O.C2H4O.Na.H2S/c1-2-3-4-5-6-7-8-9-10-11;1-2-3;;/h2-9H2,1H3;2H,1H3;;1H2/q-1;;+1;. The van der Waals surface area contributed by atoms with Crippen LogP contribution in [0.3, 0.4) is 0 Å². The molecule has 2 nitrogen and oxygen atoms in total. The normalized spacial score (nSPS) is 7.62. The second-order valence-corrected chi connectivity index (χ2v) is 3.25. The molecule has 0 radical (unpaired) electrons. The van der Waals surface area contributed by atoms with E-state index in [1.165, 1.54) is 45.4 Å². The van der Waals surface area contributed by atoms with Crippen molar-refractivity contribution in [3.8, 4) is 0 Å². The number of carbonyl (C=O) groups is 1. The molecule has 0 aromatic carbocycles. The monoisotopic (exact) mass is 256 g/mol. The van der Waals surface area contributed by atoms with E-state index in [0.717, 1.165) is 12.7 Å². The van der Waals surface area contributed by atoms with Crippen molar-refractivity contribution in [3.05, 3.63) is 0 Å². The fraction of sp³-hybridized carbons (Fsp3) is 0.833. The molecule has 0 aliphatic carbocycles. The molecule has 0 unspecified atom stereocenters. The number of unbranched alkanes of at least 4 members (excludes halogenated alkanes) is 7. The third-order valence-electron chi connectivity index (χ3n) is 1.88. The molecule has 0 saturated heterocycles. The van der Waals surface area contributed by atoms with Crippen LogP contribution in [-0.2, 0) is 9.59 Å². The Kier molecular flexibility index (Phi) is 47.2. The zero-order chi connectivity index (χ0) is 11.1.